The molecule has 2 heterocycles. The Balaban J connectivity index is 1.64. The summed E-state index contributed by atoms with van der Waals surface area (Å²) in [6, 6.07) is 9.00. The van der Waals surface area contributed by atoms with Gasteiger partial charge in [-0.3, -0.25) is 9.59 Å². The lowest BCUT2D eigenvalue weighted by molar-refractivity contribution is -0.153. The van der Waals surface area contributed by atoms with Gasteiger partial charge in [-0.1, -0.05) is 36.9 Å². The molecule has 0 saturated carbocycles. The van der Waals surface area contributed by atoms with Crippen molar-refractivity contribution in [3.8, 4) is 0 Å². The minimum Gasteiger partial charge on any atom is -0.378 e. The van der Waals surface area contributed by atoms with Gasteiger partial charge in [-0.25, -0.2) is 0 Å². The molecule has 0 aromatic heterocycles. The molecule has 0 unspecified atom stereocenters. The summed E-state index contributed by atoms with van der Waals surface area (Å²) >= 11 is 0. The highest BCUT2D eigenvalue weighted by molar-refractivity contribution is 5.88. The fourth-order valence-electron chi connectivity index (χ4n) is 3.65. The van der Waals surface area contributed by atoms with Crippen LogP contribution in [-0.4, -0.2) is 52.9 Å². The van der Waals surface area contributed by atoms with Crippen LogP contribution in [0.3, 0.4) is 0 Å². The first-order valence-corrected chi connectivity index (χ1v) is 7.98. The van der Waals surface area contributed by atoms with Crippen molar-refractivity contribution in [1.29, 1.82) is 0 Å². The van der Waals surface area contributed by atoms with E-state index in [1.807, 2.05) is 18.2 Å². The van der Waals surface area contributed by atoms with Crippen LogP contribution in [0.2, 0.25) is 0 Å². The lowest BCUT2D eigenvalue weighted by atomic mass is 9.73. The predicted molar refractivity (Wildman–Crippen MR) is 86.4 cm³/mol. The van der Waals surface area contributed by atoms with E-state index in [0.717, 1.165) is 12.8 Å². The number of hydrogen-bond acceptors (Lipinski definition) is 3. The van der Waals surface area contributed by atoms with Gasteiger partial charge in [-0.05, 0) is 24.5 Å². The number of hydrogen-bond donors (Lipinski definition) is 1. The second-order valence-electron chi connectivity index (χ2n) is 6.57. The number of carbonyl (C=O) groups is 2. The Kier molecular flexibility index (Phi) is 4.22. The number of aliphatic hydroxyl groups is 1. The Labute approximate surface area is 136 Å². The van der Waals surface area contributed by atoms with Crippen molar-refractivity contribution in [2.24, 2.45) is 5.41 Å². The molecular weight excluding hydrogens is 292 g/mol. The van der Waals surface area contributed by atoms with Crippen LogP contribution in [0.4, 0.5) is 0 Å². The lowest BCUT2D eigenvalue weighted by Crippen LogP contribution is -2.64. The monoisotopic (exact) mass is 314 g/mol. The van der Waals surface area contributed by atoms with Crippen LogP contribution in [0.1, 0.15) is 24.5 Å². The number of amides is 2. The molecular formula is C18H22N2O3. The summed E-state index contributed by atoms with van der Waals surface area (Å²) in [6.07, 6.45) is 2.14. The van der Waals surface area contributed by atoms with Gasteiger partial charge >= 0.3 is 0 Å². The third kappa shape index (κ3) is 3.01. The smallest absolute Gasteiger partial charge is 0.256 e. The predicted octanol–water partition coefficient (Wildman–Crippen LogP) is 1.36. The van der Waals surface area contributed by atoms with Crippen LogP contribution in [0, 0.1) is 5.41 Å². The van der Waals surface area contributed by atoms with Gasteiger partial charge in [0.25, 0.3) is 5.91 Å². The average molecular weight is 314 g/mol. The molecule has 1 N–H and O–H groups in total. The van der Waals surface area contributed by atoms with Gasteiger partial charge in [0, 0.05) is 31.6 Å². The second-order valence-corrected chi connectivity index (χ2v) is 6.57. The highest BCUT2D eigenvalue weighted by Gasteiger charge is 2.48. The van der Waals surface area contributed by atoms with Crippen molar-refractivity contribution in [2.75, 3.05) is 26.2 Å². The van der Waals surface area contributed by atoms with E-state index in [9.17, 15) is 14.7 Å². The third-order valence-electron chi connectivity index (χ3n) is 4.86. The molecule has 23 heavy (non-hydrogen) atoms. The molecule has 1 spiro atoms. The molecule has 2 aliphatic rings. The molecule has 2 amide bonds. The zero-order valence-corrected chi connectivity index (χ0v) is 13.1. The molecule has 2 fully saturated rings. The van der Waals surface area contributed by atoms with E-state index in [1.165, 1.54) is 6.08 Å². The molecule has 5 heteroatoms. The molecule has 1 aromatic rings. The number of nitrogens with zero attached hydrogens (tertiary/aromatic N) is 2. The van der Waals surface area contributed by atoms with Gasteiger partial charge in [0.05, 0.1) is 0 Å². The quantitative estimate of drug-likeness (QED) is 0.857. The van der Waals surface area contributed by atoms with E-state index in [1.54, 1.807) is 21.9 Å². The SMILES string of the molecule is C=CC(=O)N1CC2(CCCN(C(=O)[C@@H](O)c3ccccc3)C2)C1. The van der Waals surface area contributed by atoms with Gasteiger partial charge in [-0.2, -0.15) is 0 Å². The highest BCUT2D eigenvalue weighted by atomic mass is 16.3. The Hall–Kier alpha value is -2.14. The summed E-state index contributed by atoms with van der Waals surface area (Å²) in [6.45, 7) is 6.12. The van der Waals surface area contributed by atoms with Crippen LogP contribution in [0.25, 0.3) is 0 Å². The molecule has 122 valence electrons. The summed E-state index contributed by atoms with van der Waals surface area (Å²) < 4.78 is 0. The second kappa shape index (κ2) is 6.16. The zero-order valence-electron chi connectivity index (χ0n) is 13.1. The van der Waals surface area contributed by atoms with Gasteiger partial charge < -0.3 is 14.9 Å². The van der Waals surface area contributed by atoms with Gasteiger partial charge in [0.1, 0.15) is 0 Å². The van der Waals surface area contributed by atoms with Crippen LogP contribution < -0.4 is 0 Å². The summed E-state index contributed by atoms with van der Waals surface area (Å²) in [4.78, 5) is 27.7. The fourth-order valence-corrected chi connectivity index (χ4v) is 3.65. The first-order valence-electron chi connectivity index (χ1n) is 7.98. The molecule has 2 aliphatic heterocycles. The molecule has 2 saturated heterocycles. The fraction of sp³-hybridized carbons (Fsp3) is 0.444. The number of rotatable bonds is 3. The Morgan fingerprint density at radius 2 is 1.83 bits per heavy atom. The molecule has 0 radical (unpaired) electrons. The summed E-state index contributed by atoms with van der Waals surface area (Å²) in [7, 11) is 0. The third-order valence-corrected chi connectivity index (χ3v) is 4.86. The van der Waals surface area contributed by atoms with E-state index in [2.05, 4.69) is 6.58 Å². The van der Waals surface area contributed by atoms with Gasteiger partial charge in [-0.15, -0.1) is 0 Å². The van der Waals surface area contributed by atoms with Crippen LogP contribution in [-0.2, 0) is 9.59 Å². The van der Waals surface area contributed by atoms with E-state index in [-0.39, 0.29) is 17.2 Å². The topological polar surface area (TPSA) is 60.9 Å². The molecule has 3 rings (SSSR count). The molecule has 1 aromatic carbocycles. The average Bonchev–Trinajstić information content (AvgIpc) is 2.58. The number of piperidine rings is 1. The van der Waals surface area contributed by atoms with E-state index < -0.39 is 6.10 Å². The summed E-state index contributed by atoms with van der Waals surface area (Å²) in [5.41, 5.74) is 0.609. The number of aliphatic hydroxyl groups excluding tert-OH is 1. The zero-order chi connectivity index (χ0) is 16.4. The summed E-state index contributed by atoms with van der Waals surface area (Å²) in [5, 5.41) is 10.3. The lowest BCUT2D eigenvalue weighted by Gasteiger charge is -2.54. The van der Waals surface area contributed by atoms with Crippen molar-refractivity contribution >= 4 is 11.8 Å². The molecule has 0 aliphatic carbocycles. The largest absolute Gasteiger partial charge is 0.378 e. The van der Waals surface area contributed by atoms with Crippen LogP contribution in [0.15, 0.2) is 43.0 Å². The normalized spacial score (nSPS) is 20.7. The Morgan fingerprint density at radius 3 is 2.48 bits per heavy atom. The number of likely N-dealkylation sites (tertiary alicyclic amines) is 2. The number of benzene rings is 1. The standard InChI is InChI=1S/C18H22N2O3/c1-2-15(21)20-12-18(13-20)9-6-10-19(11-18)17(23)16(22)14-7-4-3-5-8-14/h2-5,7-8,16,22H,1,6,9-13H2/t16-/m0/s1. The van der Waals surface area contributed by atoms with Crippen LogP contribution >= 0.6 is 0 Å². The van der Waals surface area contributed by atoms with Crippen molar-refractivity contribution in [3.05, 3.63) is 48.6 Å². The van der Waals surface area contributed by atoms with Crippen molar-refractivity contribution in [2.45, 2.75) is 18.9 Å². The van der Waals surface area contributed by atoms with Crippen molar-refractivity contribution in [1.82, 2.24) is 9.80 Å². The van der Waals surface area contributed by atoms with Crippen molar-refractivity contribution in [3.63, 3.8) is 0 Å². The van der Waals surface area contributed by atoms with E-state index in [0.29, 0.717) is 31.7 Å². The Morgan fingerprint density at radius 1 is 1.17 bits per heavy atom. The van der Waals surface area contributed by atoms with Crippen molar-refractivity contribution < 1.29 is 14.7 Å². The minimum atomic E-state index is -1.11. The molecule has 5 nitrogen and oxygen atoms in total. The van der Waals surface area contributed by atoms with Crippen LogP contribution in [0.5, 0.6) is 0 Å². The van der Waals surface area contributed by atoms with Gasteiger partial charge in [0.2, 0.25) is 5.91 Å². The van der Waals surface area contributed by atoms with E-state index in [4.69, 9.17) is 0 Å². The first kappa shape index (κ1) is 15.7. The highest BCUT2D eigenvalue weighted by Crippen LogP contribution is 2.39. The minimum absolute atomic E-state index is 0.0109. The molecule has 1 atom stereocenters. The summed E-state index contributed by atoms with van der Waals surface area (Å²) in [5.74, 6) is -0.299. The maximum absolute atomic E-state index is 12.6. The number of carbonyl (C=O) groups excluding carboxylic acids is 2. The maximum Gasteiger partial charge on any atom is 0.256 e. The van der Waals surface area contributed by atoms with E-state index >= 15 is 0 Å². The van der Waals surface area contributed by atoms with Gasteiger partial charge in [0.15, 0.2) is 6.10 Å². The molecule has 0 bridgehead atoms. The Bertz CT molecular complexity index is 608. The maximum atomic E-state index is 12.6. The first-order chi connectivity index (χ1) is 11.0.